The lowest BCUT2D eigenvalue weighted by Gasteiger charge is -2.11. The van der Waals surface area contributed by atoms with Crippen molar-refractivity contribution in [3.05, 3.63) is 63.2 Å². The molecule has 0 heterocycles. The van der Waals surface area contributed by atoms with E-state index in [4.69, 9.17) is 9.47 Å². The fourth-order valence-electron chi connectivity index (χ4n) is 1.81. The molecule has 2 aromatic rings. The molecule has 2 aromatic carbocycles. The normalized spacial score (nSPS) is 9.91. The second-order valence-electron chi connectivity index (χ2n) is 4.34. The number of amides is 1. The molecule has 0 aliphatic rings. The third kappa shape index (κ3) is 4.20. The maximum Gasteiger partial charge on any atom is 0.411 e. The highest BCUT2D eigenvalue weighted by molar-refractivity contribution is 14.1. The SMILES string of the molecule is COC(=O)c1c(I)cccc1NC(=O)OCc1ccccc1. The molecule has 0 bridgehead atoms. The number of esters is 1. The fraction of sp³-hybridized carbons (Fsp3) is 0.125. The number of hydrogen-bond donors (Lipinski definition) is 1. The van der Waals surface area contributed by atoms with Crippen molar-refractivity contribution in [2.45, 2.75) is 6.61 Å². The van der Waals surface area contributed by atoms with Crippen molar-refractivity contribution in [1.29, 1.82) is 0 Å². The van der Waals surface area contributed by atoms with Gasteiger partial charge in [-0.05, 0) is 40.3 Å². The second-order valence-corrected chi connectivity index (χ2v) is 5.50. The molecule has 0 aliphatic heterocycles. The maximum atomic E-state index is 11.9. The summed E-state index contributed by atoms with van der Waals surface area (Å²) in [5, 5.41) is 2.57. The van der Waals surface area contributed by atoms with E-state index in [9.17, 15) is 9.59 Å². The van der Waals surface area contributed by atoms with E-state index in [0.717, 1.165) is 5.56 Å². The van der Waals surface area contributed by atoms with E-state index in [1.807, 2.05) is 52.9 Å². The number of methoxy groups -OCH3 is 1. The summed E-state index contributed by atoms with van der Waals surface area (Å²) >= 11 is 2.01. The summed E-state index contributed by atoms with van der Waals surface area (Å²) in [5.41, 5.74) is 1.55. The molecule has 0 fully saturated rings. The highest BCUT2D eigenvalue weighted by Crippen LogP contribution is 2.23. The summed E-state index contributed by atoms with van der Waals surface area (Å²) < 4.78 is 10.6. The van der Waals surface area contributed by atoms with Crippen LogP contribution in [0.15, 0.2) is 48.5 Å². The molecule has 6 heteroatoms. The first-order valence-corrected chi connectivity index (χ1v) is 7.54. The molecule has 22 heavy (non-hydrogen) atoms. The van der Waals surface area contributed by atoms with Crippen molar-refractivity contribution in [2.75, 3.05) is 12.4 Å². The molecule has 1 amide bonds. The monoisotopic (exact) mass is 411 g/mol. The van der Waals surface area contributed by atoms with Gasteiger partial charge in [0.2, 0.25) is 0 Å². The molecule has 0 radical (unpaired) electrons. The van der Waals surface area contributed by atoms with Gasteiger partial charge in [0.1, 0.15) is 6.61 Å². The Morgan fingerprint density at radius 2 is 1.82 bits per heavy atom. The lowest BCUT2D eigenvalue weighted by Crippen LogP contribution is -2.17. The smallest absolute Gasteiger partial charge is 0.411 e. The number of rotatable bonds is 4. The van der Waals surface area contributed by atoms with Gasteiger partial charge in [-0.25, -0.2) is 9.59 Å². The predicted octanol–water partition coefficient (Wildman–Crippen LogP) is 3.83. The van der Waals surface area contributed by atoms with Gasteiger partial charge in [-0.3, -0.25) is 5.32 Å². The number of ether oxygens (including phenoxy) is 2. The lowest BCUT2D eigenvalue weighted by atomic mass is 10.2. The van der Waals surface area contributed by atoms with Crippen LogP contribution < -0.4 is 5.32 Å². The fourth-order valence-corrected chi connectivity index (χ4v) is 2.53. The number of halogens is 1. The van der Waals surface area contributed by atoms with E-state index in [-0.39, 0.29) is 6.61 Å². The van der Waals surface area contributed by atoms with Gasteiger partial charge in [0, 0.05) is 3.57 Å². The largest absolute Gasteiger partial charge is 0.465 e. The number of anilines is 1. The minimum atomic E-state index is -0.629. The third-order valence-electron chi connectivity index (χ3n) is 2.85. The van der Waals surface area contributed by atoms with Crippen LogP contribution in [0.4, 0.5) is 10.5 Å². The molecular weight excluding hydrogens is 397 g/mol. The first kappa shape index (κ1) is 16.3. The van der Waals surface area contributed by atoms with Gasteiger partial charge < -0.3 is 9.47 Å². The first-order chi connectivity index (χ1) is 10.6. The van der Waals surface area contributed by atoms with Crippen LogP contribution in [0, 0.1) is 3.57 Å². The van der Waals surface area contributed by atoms with E-state index in [0.29, 0.717) is 14.8 Å². The van der Waals surface area contributed by atoms with Crippen LogP contribution in [0.5, 0.6) is 0 Å². The maximum absolute atomic E-state index is 11.9. The Bertz CT molecular complexity index is 673. The minimum Gasteiger partial charge on any atom is -0.465 e. The van der Waals surface area contributed by atoms with Crippen molar-refractivity contribution in [3.63, 3.8) is 0 Å². The van der Waals surface area contributed by atoms with Crippen molar-refractivity contribution in [2.24, 2.45) is 0 Å². The highest BCUT2D eigenvalue weighted by Gasteiger charge is 2.17. The first-order valence-electron chi connectivity index (χ1n) is 6.46. The van der Waals surface area contributed by atoms with Gasteiger partial charge in [0.25, 0.3) is 0 Å². The van der Waals surface area contributed by atoms with Crippen LogP contribution in [-0.4, -0.2) is 19.2 Å². The number of nitrogens with one attached hydrogen (secondary N) is 1. The zero-order valence-corrected chi connectivity index (χ0v) is 14.0. The van der Waals surface area contributed by atoms with E-state index < -0.39 is 12.1 Å². The second kappa shape index (κ2) is 7.79. The van der Waals surface area contributed by atoms with Gasteiger partial charge in [-0.1, -0.05) is 36.4 Å². The molecule has 1 N–H and O–H groups in total. The average Bonchev–Trinajstić information content (AvgIpc) is 2.53. The summed E-state index contributed by atoms with van der Waals surface area (Å²) in [6.07, 6.45) is -0.629. The Balaban J connectivity index is 2.05. The van der Waals surface area contributed by atoms with E-state index in [1.54, 1.807) is 18.2 Å². The Morgan fingerprint density at radius 3 is 2.50 bits per heavy atom. The number of benzene rings is 2. The quantitative estimate of drug-likeness (QED) is 0.614. The van der Waals surface area contributed by atoms with Crippen LogP contribution in [0.2, 0.25) is 0 Å². The van der Waals surface area contributed by atoms with Gasteiger partial charge in [-0.15, -0.1) is 0 Å². The average molecular weight is 411 g/mol. The molecule has 0 saturated carbocycles. The summed E-state index contributed by atoms with van der Waals surface area (Å²) in [7, 11) is 1.29. The summed E-state index contributed by atoms with van der Waals surface area (Å²) in [4.78, 5) is 23.7. The van der Waals surface area contributed by atoms with Crippen LogP contribution in [0.3, 0.4) is 0 Å². The predicted molar refractivity (Wildman–Crippen MR) is 90.7 cm³/mol. The lowest BCUT2D eigenvalue weighted by molar-refractivity contribution is 0.0600. The third-order valence-corrected chi connectivity index (χ3v) is 3.75. The van der Waals surface area contributed by atoms with Crippen LogP contribution in [0.1, 0.15) is 15.9 Å². The molecule has 0 aromatic heterocycles. The van der Waals surface area contributed by atoms with Gasteiger partial charge in [-0.2, -0.15) is 0 Å². The van der Waals surface area contributed by atoms with E-state index in [1.165, 1.54) is 7.11 Å². The van der Waals surface area contributed by atoms with Crippen molar-refractivity contribution in [1.82, 2.24) is 0 Å². The van der Waals surface area contributed by atoms with Crippen LogP contribution >= 0.6 is 22.6 Å². The summed E-state index contributed by atoms with van der Waals surface area (Å²) in [5.74, 6) is -0.511. The Kier molecular flexibility index (Phi) is 5.76. The van der Waals surface area contributed by atoms with Crippen molar-refractivity contribution >= 4 is 40.3 Å². The van der Waals surface area contributed by atoms with Crippen LogP contribution in [-0.2, 0) is 16.1 Å². The Labute approximate surface area is 141 Å². The zero-order chi connectivity index (χ0) is 15.9. The topological polar surface area (TPSA) is 64.6 Å². The molecule has 2 rings (SSSR count). The van der Waals surface area contributed by atoms with Crippen molar-refractivity contribution < 1.29 is 19.1 Å². The van der Waals surface area contributed by atoms with E-state index >= 15 is 0 Å². The van der Waals surface area contributed by atoms with E-state index in [2.05, 4.69) is 5.32 Å². The van der Waals surface area contributed by atoms with Crippen molar-refractivity contribution in [3.8, 4) is 0 Å². The van der Waals surface area contributed by atoms with Gasteiger partial charge >= 0.3 is 12.1 Å². The number of carbonyl (C=O) groups excluding carboxylic acids is 2. The highest BCUT2D eigenvalue weighted by atomic mass is 127. The van der Waals surface area contributed by atoms with Crippen LogP contribution in [0.25, 0.3) is 0 Å². The molecule has 0 unspecified atom stereocenters. The molecule has 0 saturated heterocycles. The molecule has 0 spiro atoms. The van der Waals surface area contributed by atoms with Gasteiger partial charge in [0.05, 0.1) is 18.4 Å². The molecular formula is C16H14INO4. The Hall–Kier alpha value is -2.09. The molecule has 0 aliphatic carbocycles. The number of hydrogen-bond acceptors (Lipinski definition) is 4. The standard InChI is InChI=1S/C16H14INO4/c1-21-15(19)14-12(17)8-5-9-13(14)18-16(20)22-10-11-6-3-2-4-7-11/h2-9H,10H2,1H3,(H,18,20). The number of carbonyl (C=O) groups is 2. The van der Waals surface area contributed by atoms with Gasteiger partial charge in [0.15, 0.2) is 0 Å². The summed E-state index contributed by atoms with van der Waals surface area (Å²) in [6.45, 7) is 0.157. The zero-order valence-electron chi connectivity index (χ0n) is 11.8. The Morgan fingerprint density at radius 1 is 1.09 bits per heavy atom. The molecule has 114 valence electrons. The molecule has 5 nitrogen and oxygen atoms in total. The summed E-state index contributed by atoms with van der Waals surface area (Å²) in [6, 6.07) is 14.5. The molecule has 0 atom stereocenters. The minimum absolute atomic E-state index is 0.157.